The van der Waals surface area contributed by atoms with Crippen molar-refractivity contribution in [2.45, 2.75) is 19.6 Å². The Morgan fingerprint density at radius 1 is 0.833 bits per heavy atom. The highest BCUT2D eigenvalue weighted by molar-refractivity contribution is 5.79. The fourth-order valence-electron chi connectivity index (χ4n) is 5.64. The van der Waals surface area contributed by atoms with Crippen LogP contribution in [0.25, 0.3) is 16.7 Å². The van der Waals surface area contributed by atoms with Crippen LogP contribution in [0.2, 0.25) is 0 Å². The van der Waals surface area contributed by atoms with E-state index in [1.54, 1.807) is 9.47 Å². The van der Waals surface area contributed by atoms with Crippen LogP contribution in [0.1, 0.15) is 17.5 Å². The normalized spacial score (nSPS) is 16.4. The molecule has 1 saturated heterocycles. The summed E-state index contributed by atoms with van der Waals surface area (Å²) in [6.07, 6.45) is 2.23. The molecule has 6 rings (SSSR count). The van der Waals surface area contributed by atoms with Gasteiger partial charge in [0.2, 0.25) is 0 Å². The summed E-state index contributed by atoms with van der Waals surface area (Å²) in [6, 6.07) is 26.1. The molecule has 0 bridgehead atoms. The highest BCUT2D eigenvalue weighted by Gasteiger charge is 2.22. The lowest BCUT2D eigenvalue weighted by Gasteiger charge is -2.35. The fourth-order valence-corrected chi connectivity index (χ4v) is 5.64. The van der Waals surface area contributed by atoms with Crippen LogP contribution in [0.3, 0.4) is 0 Å². The molecule has 2 aliphatic heterocycles. The van der Waals surface area contributed by atoms with Gasteiger partial charge in [0, 0.05) is 70.0 Å². The average molecular weight is 568 g/mol. The van der Waals surface area contributed by atoms with Gasteiger partial charge in [-0.3, -0.25) is 14.4 Å². The first kappa shape index (κ1) is 27.8. The Labute approximate surface area is 245 Å². The van der Waals surface area contributed by atoms with Crippen molar-refractivity contribution in [2.24, 2.45) is 0 Å². The van der Waals surface area contributed by atoms with Crippen LogP contribution in [0.5, 0.6) is 5.75 Å². The molecule has 1 fully saturated rings. The quantitative estimate of drug-likeness (QED) is 0.323. The van der Waals surface area contributed by atoms with Crippen LogP contribution in [0.4, 0.5) is 4.79 Å². The van der Waals surface area contributed by atoms with E-state index in [0.717, 1.165) is 67.3 Å². The Hall–Kier alpha value is -4.34. The molecule has 2 aliphatic rings. The number of aromatic amines is 1. The number of para-hydroxylation sites is 3. The van der Waals surface area contributed by atoms with Crippen LogP contribution >= 0.6 is 0 Å². The summed E-state index contributed by atoms with van der Waals surface area (Å²) in [5.41, 5.74) is 4.77. The van der Waals surface area contributed by atoms with Gasteiger partial charge >= 0.3 is 11.8 Å². The number of piperazine rings is 1. The van der Waals surface area contributed by atoms with Crippen LogP contribution in [-0.4, -0.2) is 82.8 Å². The summed E-state index contributed by atoms with van der Waals surface area (Å²) >= 11 is 0. The number of hydrogen-bond donors (Lipinski definition) is 1. The number of amides is 1. The second kappa shape index (κ2) is 13.1. The molecular weight excluding hydrogens is 530 g/mol. The number of carbonyl (C=O) groups excluding carboxylic acids is 1. The number of nitrogens with zero attached hydrogens (tertiary/aromatic N) is 4. The standard InChI is InChI=1S/C33H37N5O4/c39-32-34-29-11-5-6-12-30(29)38(32)28-14-16-37(17-15-28)33(40)41-23-22-35-18-20-36(21-19-35)24-27-10-4-7-13-31(27)42-25-26-8-2-1-3-9-26/h1-14H,15-25H2,(H,34,39). The molecule has 1 amide bonds. The zero-order valence-electron chi connectivity index (χ0n) is 23.8. The summed E-state index contributed by atoms with van der Waals surface area (Å²) in [7, 11) is 0. The molecule has 1 aromatic heterocycles. The topological polar surface area (TPSA) is 83.0 Å². The lowest BCUT2D eigenvalue weighted by molar-refractivity contribution is 0.0753. The molecule has 42 heavy (non-hydrogen) atoms. The van der Waals surface area contributed by atoms with E-state index in [4.69, 9.17) is 9.47 Å². The second-order valence-corrected chi connectivity index (χ2v) is 10.8. The largest absolute Gasteiger partial charge is 0.489 e. The zero-order valence-corrected chi connectivity index (χ0v) is 23.8. The van der Waals surface area contributed by atoms with E-state index in [2.05, 4.69) is 39.0 Å². The van der Waals surface area contributed by atoms with Crippen LogP contribution in [0.15, 0.2) is 89.7 Å². The number of hydrogen-bond acceptors (Lipinski definition) is 6. The molecule has 0 spiro atoms. The van der Waals surface area contributed by atoms with Crippen LogP contribution < -0.4 is 10.4 Å². The van der Waals surface area contributed by atoms with E-state index < -0.39 is 0 Å². The zero-order chi connectivity index (χ0) is 28.7. The van der Waals surface area contributed by atoms with Crippen molar-refractivity contribution in [3.8, 4) is 5.75 Å². The Morgan fingerprint density at radius 3 is 2.38 bits per heavy atom. The maximum absolute atomic E-state index is 12.7. The third kappa shape index (κ3) is 6.58. The number of fused-ring (bicyclic) bond motifs is 1. The van der Waals surface area contributed by atoms with Crippen molar-refractivity contribution < 1.29 is 14.3 Å². The number of H-pyrrole nitrogens is 1. The van der Waals surface area contributed by atoms with E-state index in [1.807, 2.05) is 60.7 Å². The second-order valence-electron chi connectivity index (χ2n) is 10.8. The summed E-state index contributed by atoms with van der Waals surface area (Å²) in [5, 5.41) is 0. The summed E-state index contributed by atoms with van der Waals surface area (Å²) in [5.74, 6) is 0.934. The fraction of sp³-hybridized carbons (Fsp3) is 0.333. The molecule has 9 heteroatoms. The molecule has 0 atom stereocenters. The predicted molar refractivity (Wildman–Crippen MR) is 163 cm³/mol. The molecular formula is C33H37N5O4. The first-order valence-corrected chi connectivity index (χ1v) is 14.6. The van der Waals surface area contributed by atoms with E-state index in [-0.39, 0.29) is 11.8 Å². The highest BCUT2D eigenvalue weighted by Crippen LogP contribution is 2.23. The molecule has 3 aromatic carbocycles. The lowest BCUT2D eigenvalue weighted by atomic mass is 10.1. The molecule has 4 aromatic rings. The van der Waals surface area contributed by atoms with Gasteiger partial charge in [0.1, 0.15) is 19.0 Å². The maximum Gasteiger partial charge on any atom is 0.410 e. The molecule has 1 N–H and O–H groups in total. The first-order valence-electron chi connectivity index (χ1n) is 14.6. The minimum absolute atomic E-state index is 0.154. The predicted octanol–water partition coefficient (Wildman–Crippen LogP) is 4.41. The number of aromatic nitrogens is 2. The van der Waals surface area contributed by atoms with E-state index >= 15 is 0 Å². The maximum atomic E-state index is 12.7. The number of rotatable bonds is 9. The number of benzene rings is 3. The molecule has 0 aliphatic carbocycles. The molecule has 9 nitrogen and oxygen atoms in total. The van der Waals surface area contributed by atoms with Crippen molar-refractivity contribution in [3.05, 3.63) is 107 Å². The molecule has 0 saturated carbocycles. The van der Waals surface area contributed by atoms with Gasteiger partial charge in [-0.05, 0) is 29.8 Å². The van der Waals surface area contributed by atoms with Gasteiger partial charge in [0.15, 0.2) is 0 Å². The van der Waals surface area contributed by atoms with Gasteiger partial charge in [0.05, 0.1) is 11.0 Å². The van der Waals surface area contributed by atoms with Crippen molar-refractivity contribution in [3.63, 3.8) is 0 Å². The van der Waals surface area contributed by atoms with Crippen LogP contribution in [-0.2, 0) is 17.9 Å². The van der Waals surface area contributed by atoms with Gasteiger partial charge in [0.25, 0.3) is 0 Å². The van der Waals surface area contributed by atoms with Gasteiger partial charge in [-0.15, -0.1) is 0 Å². The Balaban J connectivity index is 0.925. The van der Waals surface area contributed by atoms with Gasteiger partial charge in [-0.1, -0.05) is 60.7 Å². The minimum Gasteiger partial charge on any atom is -0.489 e. The van der Waals surface area contributed by atoms with Crippen molar-refractivity contribution in [1.29, 1.82) is 0 Å². The number of imidazole rings is 1. The van der Waals surface area contributed by atoms with Gasteiger partial charge in [-0.25, -0.2) is 9.59 Å². The van der Waals surface area contributed by atoms with Gasteiger partial charge < -0.3 is 19.4 Å². The van der Waals surface area contributed by atoms with Crippen LogP contribution in [0, 0.1) is 0 Å². The van der Waals surface area contributed by atoms with Gasteiger partial charge in [-0.2, -0.15) is 0 Å². The van der Waals surface area contributed by atoms with Crippen molar-refractivity contribution in [1.82, 2.24) is 24.3 Å². The Kier molecular flexibility index (Phi) is 8.67. The average Bonchev–Trinajstić information content (AvgIpc) is 3.37. The van der Waals surface area contributed by atoms with E-state index in [9.17, 15) is 9.59 Å². The third-order valence-corrected chi connectivity index (χ3v) is 8.02. The summed E-state index contributed by atoms with van der Waals surface area (Å²) in [4.78, 5) is 34.6. The van der Waals surface area contributed by atoms with Crippen molar-refractivity contribution >= 4 is 22.8 Å². The molecule has 0 radical (unpaired) electrons. The summed E-state index contributed by atoms with van der Waals surface area (Å²) < 4.78 is 13.5. The molecule has 218 valence electrons. The number of nitrogens with one attached hydrogen (secondary N) is 1. The summed E-state index contributed by atoms with van der Waals surface area (Å²) in [6.45, 7) is 7.20. The van der Waals surface area contributed by atoms with Crippen molar-refractivity contribution in [2.75, 3.05) is 52.4 Å². The minimum atomic E-state index is -0.303. The Bertz CT molecular complexity index is 1590. The lowest BCUT2D eigenvalue weighted by Crippen LogP contribution is -2.47. The monoisotopic (exact) mass is 567 g/mol. The van der Waals surface area contributed by atoms with E-state index in [0.29, 0.717) is 32.7 Å². The molecule has 0 unspecified atom stereocenters. The molecule has 3 heterocycles. The first-order chi connectivity index (χ1) is 20.6. The Morgan fingerprint density at radius 2 is 1.57 bits per heavy atom. The SMILES string of the molecule is O=C(OCCN1CCN(Cc2ccccc2OCc2ccccc2)CC1)N1CC=C(n2c(=O)[nH]c3ccccc32)CC1. The van der Waals surface area contributed by atoms with E-state index in [1.165, 1.54) is 5.56 Å². The third-order valence-electron chi connectivity index (χ3n) is 8.02. The highest BCUT2D eigenvalue weighted by atomic mass is 16.6. The number of carbonyl (C=O) groups is 1. The smallest absolute Gasteiger partial charge is 0.410 e. The number of ether oxygens (including phenoxy) is 2.